The van der Waals surface area contributed by atoms with Crippen LogP contribution in [0.25, 0.3) is 11.4 Å². The fraction of sp³-hybridized carbons (Fsp3) is 0.308. The van der Waals surface area contributed by atoms with E-state index in [1.54, 1.807) is 6.20 Å². The maximum atomic E-state index is 5.53. The van der Waals surface area contributed by atoms with Crippen LogP contribution in [0.15, 0.2) is 24.4 Å². The number of nitrogens with two attached hydrogens (primary N) is 1. The van der Waals surface area contributed by atoms with E-state index in [1.165, 1.54) is 0 Å². The van der Waals surface area contributed by atoms with E-state index < -0.39 is 0 Å². The third-order valence-corrected chi connectivity index (χ3v) is 2.45. The molecule has 2 heterocycles. The van der Waals surface area contributed by atoms with Crippen LogP contribution in [0.2, 0.25) is 0 Å². The van der Waals surface area contributed by atoms with Crippen LogP contribution in [0.4, 0.5) is 0 Å². The summed E-state index contributed by atoms with van der Waals surface area (Å²) in [7, 11) is 0. The Morgan fingerprint density at radius 2 is 1.82 bits per heavy atom. The fourth-order valence-corrected chi connectivity index (χ4v) is 1.79. The van der Waals surface area contributed by atoms with Gasteiger partial charge in [0.2, 0.25) is 0 Å². The molecule has 0 unspecified atom stereocenters. The van der Waals surface area contributed by atoms with E-state index in [0.717, 1.165) is 34.9 Å². The van der Waals surface area contributed by atoms with E-state index in [2.05, 4.69) is 15.0 Å². The number of rotatable bonds is 3. The van der Waals surface area contributed by atoms with Crippen LogP contribution in [0.1, 0.15) is 17.1 Å². The second-order valence-electron chi connectivity index (χ2n) is 4.05. The first-order valence-electron chi connectivity index (χ1n) is 5.66. The quantitative estimate of drug-likeness (QED) is 0.867. The highest BCUT2D eigenvalue weighted by molar-refractivity contribution is 5.55. The summed E-state index contributed by atoms with van der Waals surface area (Å²) in [6.45, 7) is 4.55. The highest BCUT2D eigenvalue weighted by Crippen LogP contribution is 2.16. The summed E-state index contributed by atoms with van der Waals surface area (Å²) in [6.07, 6.45) is 2.55. The molecule has 2 rings (SSSR count). The average Bonchev–Trinajstić information content (AvgIpc) is 2.28. The number of hydrogen-bond donors (Lipinski definition) is 1. The molecule has 17 heavy (non-hydrogen) atoms. The molecule has 2 N–H and O–H groups in total. The Balaban J connectivity index is 2.41. The van der Waals surface area contributed by atoms with Gasteiger partial charge in [-0.1, -0.05) is 0 Å². The zero-order valence-corrected chi connectivity index (χ0v) is 10.1. The summed E-state index contributed by atoms with van der Waals surface area (Å²) in [5.41, 5.74) is 9.47. The maximum Gasteiger partial charge on any atom is 0.159 e. The third kappa shape index (κ3) is 2.85. The van der Waals surface area contributed by atoms with Gasteiger partial charge in [-0.05, 0) is 38.6 Å². The minimum Gasteiger partial charge on any atom is -0.330 e. The Hall–Kier alpha value is -1.81. The normalized spacial score (nSPS) is 10.5. The van der Waals surface area contributed by atoms with Crippen LogP contribution in [0.3, 0.4) is 0 Å². The standard InChI is InChI=1S/C13H16N4/c1-9-7-11(8-10(2)16-9)13-15-6-4-12(17-13)3-5-14/h4,6-8H,3,5,14H2,1-2H3. The van der Waals surface area contributed by atoms with Gasteiger partial charge < -0.3 is 5.73 Å². The van der Waals surface area contributed by atoms with E-state index in [4.69, 9.17) is 5.73 Å². The Morgan fingerprint density at radius 1 is 1.12 bits per heavy atom. The molecule has 2 aromatic rings. The van der Waals surface area contributed by atoms with Crippen LogP contribution in [0.5, 0.6) is 0 Å². The van der Waals surface area contributed by atoms with Crippen LogP contribution in [-0.4, -0.2) is 21.5 Å². The topological polar surface area (TPSA) is 64.7 Å². The number of nitrogens with zero attached hydrogens (tertiary/aromatic N) is 3. The largest absolute Gasteiger partial charge is 0.330 e. The van der Waals surface area contributed by atoms with Crippen molar-refractivity contribution >= 4 is 0 Å². The number of hydrogen-bond acceptors (Lipinski definition) is 4. The first kappa shape index (κ1) is 11.7. The van der Waals surface area contributed by atoms with Crippen LogP contribution < -0.4 is 5.73 Å². The first-order chi connectivity index (χ1) is 8.19. The van der Waals surface area contributed by atoms with Crippen molar-refractivity contribution in [3.05, 3.63) is 41.5 Å². The second-order valence-corrected chi connectivity index (χ2v) is 4.05. The maximum absolute atomic E-state index is 5.53. The van der Waals surface area contributed by atoms with Crippen molar-refractivity contribution in [3.63, 3.8) is 0 Å². The summed E-state index contributed by atoms with van der Waals surface area (Å²) in [5, 5.41) is 0. The van der Waals surface area contributed by atoms with Crippen molar-refractivity contribution < 1.29 is 0 Å². The highest BCUT2D eigenvalue weighted by atomic mass is 14.9. The Bertz CT molecular complexity index is 502. The van der Waals surface area contributed by atoms with E-state index >= 15 is 0 Å². The molecule has 0 saturated heterocycles. The molecule has 0 bridgehead atoms. The van der Waals surface area contributed by atoms with Crippen molar-refractivity contribution in [3.8, 4) is 11.4 Å². The van der Waals surface area contributed by atoms with E-state index in [-0.39, 0.29) is 0 Å². The molecule has 88 valence electrons. The lowest BCUT2D eigenvalue weighted by Gasteiger charge is -2.05. The van der Waals surface area contributed by atoms with E-state index in [1.807, 2.05) is 32.0 Å². The first-order valence-corrected chi connectivity index (χ1v) is 5.66. The smallest absolute Gasteiger partial charge is 0.159 e. The van der Waals surface area contributed by atoms with Gasteiger partial charge in [-0.15, -0.1) is 0 Å². The molecule has 0 atom stereocenters. The molecular formula is C13H16N4. The fourth-order valence-electron chi connectivity index (χ4n) is 1.79. The van der Waals surface area contributed by atoms with Gasteiger partial charge >= 0.3 is 0 Å². The predicted molar refractivity (Wildman–Crippen MR) is 67.5 cm³/mol. The van der Waals surface area contributed by atoms with E-state index in [0.29, 0.717) is 6.54 Å². The molecule has 0 aliphatic carbocycles. The minimum atomic E-state index is 0.602. The van der Waals surface area contributed by atoms with Crippen LogP contribution >= 0.6 is 0 Å². The van der Waals surface area contributed by atoms with Gasteiger partial charge in [0.1, 0.15) is 0 Å². The Labute approximate surface area is 101 Å². The molecule has 0 aliphatic rings. The monoisotopic (exact) mass is 228 g/mol. The lowest BCUT2D eigenvalue weighted by atomic mass is 10.2. The molecule has 4 nitrogen and oxygen atoms in total. The summed E-state index contributed by atoms with van der Waals surface area (Å²) < 4.78 is 0. The molecule has 0 aliphatic heterocycles. The van der Waals surface area contributed by atoms with Gasteiger partial charge in [0.15, 0.2) is 5.82 Å². The SMILES string of the molecule is Cc1cc(-c2nccc(CCN)n2)cc(C)n1. The van der Waals surface area contributed by atoms with Gasteiger partial charge in [-0.2, -0.15) is 0 Å². The Morgan fingerprint density at radius 3 is 2.47 bits per heavy atom. The van der Waals surface area contributed by atoms with Gasteiger partial charge in [0.25, 0.3) is 0 Å². The van der Waals surface area contributed by atoms with Crippen LogP contribution in [0, 0.1) is 13.8 Å². The number of pyridine rings is 1. The van der Waals surface area contributed by atoms with Crippen molar-refractivity contribution in [1.29, 1.82) is 0 Å². The molecule has 0 fully saturated rings. The highest BCUT2D eigenvalue weighted by Gasteiger charge is 2.04. The summed E-state index contributed by atoms with van der Waals surface area (Å²) in [4.78, 5) is 13.1. The second kappa shape index (κ2) is 5.01. The summed E-state index contributed by atoms with van der Waals surface area (Å²) >= 11 is 0. The zero-order valence-electron chi connectivity index (χ0n) is 10.1. The Kier molecular flexibility index (Phi) is 3.44. The summed E-state index contributed by atoms with van der Waals surface area (Å²) in [6, 6.07) is 5.89. The number of aromatic nitrogens is 3. The molecule has 0 spiro atoms. The molecule has 0 saturated carbocycles. The summed E-state index contributed by atoms with van der Waals surface area (Å²) in [5.74, 6) is 0.740. The molecular weight excluding hydrogens is 212 g/mol. The van der Waals surface area contributed by atoms with Gasteiger partial charge in [0, 0.05) is 35.3 Å². The molecule has 4 heteroatoms. The van der Waals surface area contributed by atoms with Gasteiger partial charge in [-0.25, -0.2) is 9.97 Å². The van der Waals surface area contributed by atoms with Crippen molar-refractivity contribution in [2.24, 2.45) is 5.73 Å². The van der Waals surface area contributed by atoms with Crippen LogP contribution in [-0.2, 0) is 6.42 Å². The zero-order chi connectivity index (χ0) is 12.3. The van der Waals surface area contributed by atoms with E-state index in [9.17, 15) is 0 Å². The molecule has 0 aromatic carbocycles. The van der Waals surface area contributed by atoms with Crippen molar-refractivity contribution in [2.75, 3.05) is 6.54 Å². The number of aryl methyl sites for hydroxylation is 2. The molecule has 2 aromatic heterocycles. The molecule has 0 radical (unpaired) electrons. The molecule has 0 amide bonds. The lowest BCUT2D eigenvalue weighted by Crippen LogP contribution is -2.05. The minimum absolute atomic E-state index is 0.602. The van der Waals surface area contributed by atoms with Crippen molar-refractivity contribution in [1.82, 2.24) is 15.0 Å². The third-order valence-electron chi connectivity index (χ3n) is 2.45. The van der Waals surface area contributed by atoms with Crippen molar-refractivity contribution in [2.45, 2.75) is 20.3 Å². The van der Waals surface area contributed by atoms with Gasteiger partial charge in [0.05, 0.1) is 0 Å². The van der Waals surface area contributed by atoms with Gasteiger partial charge in [-0.3, -0.25) is 4.98 Å². The predicted octanol–water partition coefficient (Wildman–Crippen LogP) is 1.66. The lowest BCUT2D eigenvalue weighted by molar-refractivity contribution is 0.912. The average molecular weight is 228 g/mol.